The Morgan fingerprint density at radius 2 is 1.45 bits per heavy atom. The van der Waals surface area contributed by atoms with Crippen molar-refractivity contribution in [2.75, 3.05) is 26.1 Å². The molecule has 4 N–H and O–H groups in total. The molecule has 0 aliphatic rings. The standard InChI is InChI=1S/C32H56N5O6P/c1-3-4-5-6-7-8-9-10-11-12-13-14-15-16-17-18-19-20-23-42-44(39,40)43-26-32(25-33,41-2)30(38)24-28-21-22-29-31(34)35-27-36-37(28)29/h21-22,27,30,38H,3-20,23-24,26H2,1-2H3,(H,39,40)(H2,34,35,36)/t30-,32?/m0/s1. The van der Waals surface area contributed by atoms with Crippen molar-refractivity contribution < 1.29 is 28.3 Å². The van der Waals surface area contributed by atoms with Crippen LogP contribution in [-0.4, -0.2) is 56.6 Å². The molecule has 2 aromatic rings. The van der Waals surface area contributed by atoms with Gasteiger partial charge in [0.25, 0.3) is 0 Å². The summed E-state index contributed by atoms with van der Waals surface area (Å²) in [6.07, 6.45) is 22.5. The molecule has 0 saturated heterocycles. The summed E-state index contributed by atoms with van der Waals surface area (Å²) in [5, 5.41) is 24.8. The van der Waals surface area contributed by atoms with Crippen LogP contribution in [0.15, 0.2) is 18.5 Å². The molecule has 0 aromatic carbocycles. The van der Waals surface area contributed by atoms with Crippen LogP contribution < -0.4 is 5.73 Å². The molecule has 2 aromatic heterocycles. The fraction of sp³-hybridized carbons (Fsp3) is 0.781. The summed E-state index contributed by atoms with van der Waals surface area (Å²) in [5.41, 5.74) is 5.06. The van der Waals surface area contributed by atoms with Gasteiger partial charge in [-0.1, -0.05) is 116 Å². The van der Waals surface area contributed by atoms with Gasteiger partial charge in [-0.05, 0) is 18.6 Å². The molecule has 250 valence electrons. The fourth-order valence-corrected chi connectivity index (χ4v) is 6.16. The van der Waals surface area contributed by atoms with E-state index in [0.29, 0.717) is 17.6 Å². The topological polar surface area (TPSA) is 165 Å². The number of aliphatic hydroxyl groups is 1. The summed E-state index contributed by atoms with van der Waals surface area (Å²) < 4.78 is 29.4. The highest BCUT2D eigenvalue weighted by Gasteiger charge is 2.42. The minimum Gasteiger partial charge on any atom is -0.388 e. The van der Waals surface area contributed by atoms with Crippen LogP contribution in [-0.2, 0) is 24.8 Å². The lowest BCUT2D eigenvalue weighted by Gasteiger charge is -2.30. The van der Waals surface area contributed by atoms with Crippen molar-refractivity contribution >= 4 is 19.2 Å². The van der Waals surface area contributed by atoms with Crippen molar-refractivity contribution in [1.29, 1.82) is 5.26 Å². The smallest absolute Gasteiger partial charge is 0.388 e. The van der Waals surface area contributed by atoms with E-state index in [4.69, 9.17) is 19.5 Å². The van der Waals surface area contributed by atoms with E-state index in [2.05, 4.69) is 17.0 Å². The van der Waals surface area contributed by atoms with Gasteiger partial charge in [0.05, 0.1) is 6.61 Å². The van der Waals surface area contributed by atoms with Gasteiger partial charge < -0.3 is 20.5 Å². The van der Waals surface area contributed by atoms with Gasteiger partial charge in [0.15, 0.2) is 5.82 Å². The van der Waals surface area contributed by atoms with E-state index in [1.54, 1.807) is 12.1 Å². The second-order valence-corrected chi connectivity index (χ2v) is 13.2. The Balaban J connectivity index is 1.53. The second kappa shape index (κ2) is 21.6. The molecule has 0 bridgehead atoms. The minimum atomic E-state index is -4.45. The summed E-state index contributed by atoms with van der Waals surface area (Å²) in [7, 11) is -3.22. The maximum Gasteiger partial charge on any atom is 0.472 e. The lowest BCUT2D eigenvalue weighted by molar-refractivity contribution is -0.0902. The highest BCUT2D eigenvalue weighted by molar-refractivity contribution is 7.47. The van der Waals surface area contributed by atoms with Gasteiger partial charge in [0.2, 0.25) is 5.60 Å². The first-order valence-corrected chi connectivity index (χ1v) is 18.1. The van der Waals surface area contributed by atoms with Crippen LogP contribution in [0.3, 0.4) is 0 Å². The minimum absolute atomic E-state index is 0.0503. The van der Waals surface area contributed by atoms with Gasteiger partial charge in [-0.15, -0.1) is 0 Å². The molecule has 0 aliphatic carbocycles. The number of anilines is 1. The van der Waals surface area contributed by atoms with E-state index >= 15 is 0 Å². The number of aromatic nitrogens is 3. The van der Waals surface area contributed by atoms with Gasteiger partial charge in [-0.25, -0.2) is 14.1 Å². The summed E-state index contributed by atoms with van der Waals surface area (Å²) in [5.74, 6) is 0.274. The third kappa shape index (κ3) is 13.9. The number of aliphatic hydroxyl groups excluding tert-OH is 1. The molecule has 2 unspecified atom stereocenters. The van der Waals surface area contributed by atoms with Gasteiger partial charge in [0, 0.05) is 19.2 Å². The van der Waals surface area contributed by atoms with Crippen molar-refractivity contribution in [3.63, 3.8) is 0 Å². The lowest BCUT2D eigenvalue weighted by atomic mass is 9.95. The molecule has 2 heterocycles. The largest absolute Gasteiger partial charge is 0.472 e. The molecule has 0 spiro atoms. The first-order valence-electron chi connectivity index (χ1n) is 16.6. The normalized spacial score (nSPS) is 15.2. The van der Waals surface area contributed by atoms with E-state index in [1.807, 2.05) is 6.07 Å². The molecule has 3 atom stereocenters. The van der Waals surface area contributed by atoms with E-state index in [1.165, 1.54) is 108 Å². The molecule has 0 radical (unpaired) electrons. The number of unbranched alkanes of at least 4 members (excludes halogenated alkanes) is 17. The number of rotatable bonds is 27. The Morgan fingerprint density at radius 1 is 0.932 bits per heavy atom. The zero-order chi connectivity index (χ0) is 32.1. The quantitative estimate of drug-likeness (QED) is 0.0668. The highest BCUT2D eigenvalue weighted by Crippen LogP contribution is 2.44. The van der Waals surface area contributed by atoms with Crippen LogP contribution in [0.1, 0.15) is 128 Å². The number of nitrogen functional groups attached to an aromatic ring is 1. The Labute approximate surface area is 264 Å². The SMILES string of the molecule is CCCCCCCCCCCCCCCCCCCCOP(=O)(O)OCC(C#N)(OC)[C@@H](O)Cc1ccc2c(N)ncnn12. The number of hydrogen-bond donors (Lipinski definition) is 3. The summed E-state index contributed by atoms with van der Waals surface area (Å²) in [6, 6.07) is 5.28. The van der Waals surface area contributed by atoms with Crippen molar-refractivity contribution in [3.8, 4) is 6.07 Å². The van der Waals surface area contributed by atoms with E-state index in [0.717, 1.165) is 19.3 Å². The molecule has 0 amide bonds. The average Bonchev–Trinajstić information content (AvgIpc) is 3.43. The summed E-state index contributed by atoms with van der Waals surface area (Å²) in [6.45, 7) is 1.67. The maximum atomic E-state index is 12.5. The zero-order valence-corrected chi connectivity index (χ0v) is 27.9. The molecule has 44 heavy (non-hydrogen) atoms. The van der Waals surface area contributed by atoms with Gasteiger partial charge in [0.1, 0.15) is 30.6 Å². The monoisotopic (exact) mass is 637 g/mol. The molecule has 0 saturated carbocycles. The molecular formula is C32H56N5O6P. The zero-order valence-electron chi connectivity index (χ0n) is 27.0. The van der Waals surface area contributed by atoms with Crippen molar-refractivity contribution in [3.05, 3.63) is 24.2 Å². The van der Waals surface area contributed by atoms with Crippen LogP contribution in [0, 0.1) is 11.3 Å². The van der Waals surface area contributed by atoms with E-state index in [-0.39, 0.29) is 18.8 Å². The fourth-order valence-electron chi connectivity index (χ4n) is 5.37. The van der Waals surface area contributed by atoms with Crippen molar-refractivity contribution in [1.82, 2.24) is 14.6 Å². The molecule has 0 aliphatic heterocycles. The number of phosphoric ester groups is 1. The second-order valence-electron chi connectivity index (χ2n) is 11.8. The number of hydrogen-bond acceptors (Lipinski definition) is 9. The lowest BCUT2D eigenvalue weighted by Crippen LogP contribution is -2.48. The number of ether oxygens (including phenoxy) is 1. The Hall–Kier alpha value is -2.06. The average molecular weight is 638 g/mol. The van der Waals surface area contributed by atoms with Crippen LogP contribution in [0.4, 0.5) is 5.82 Å². The molecule has 12 heteroatoms. The van der Waals surface area contributed by atoms with Crippen LogP contribution >= 0.6 is 7.82 Å². The van der Waals surface area contributed by atoms with Gasteiger partial charge >= 0.3 is 7.82 Å². The Bertz CT molecular complexity index is 1140. The number of fused-ring (bicyclic) bond motifs is 1. The highest BCUT2D eigenvalue weighted by atomic mass is 31.2. The first-order chi connectivity index (χ1) is 21.3. The van der Waals surface area contributed by atoms with Gasteiger partial charge in [-0.2, -0.15) is 10.4 Å². The number of phosphoric acid groups is 1. The molecule has 11 nitrogen and oxygen atoms in total. The Morgan fingerprint density at radius 3 is 1.95 bits per heavy atom. The number of nitrogens with two attached hydrogens (primary N) is 1. The van der Waals surface area contributed by atoms with Crippen LogP contribution in [0.25, 0.3) is 5.52 Å². The first kappa shape index (κ1) is 38.1. The number of nitriles is 1. The number of methoxy groups -OCH3 is 1. The predicted octanol–water partition coefficient (Wildman–Crippen LogP) is 7.30. The third-order valence-corrected chi connectivity index (χ3v) is 9.21. The molecule has 0 fully saturated rings. The third-order valence-electron chi connectivity index (χ3n) is 8.25. The van der Waals surface area contributed by atoms with Gasteiger partial charge in [-0.3, -0.25) is 9.05 Å². The van der Waals surface area contributed by atoms with Crippen LogP contribution in [0.2, 0.25) is 0 Å². The summed E-state index contributed by atoms with van der Waals surface area (Å²) in [4.78, 5) is 14.1. The van der Waals surface area contributed by atoms with E-state index in [9.17, 15) is 19.8 Å². The van der Waals surface area contributed by atoms with Crippen molar-refractivity contribution in [2.24, 2.45) is 0 Å². The molecular weight excluding hydrogens is 581 g/mol. The molecule has 2 rings (SSSR count). The van der Waals surface area contributed by atoms with E-state index < -0.39 is 26.1 Å². The van der Waals surface area contributed by atoms with Crippen LogP contribution in [0.5, 0.6) is 0 Å². The van der Waals surface area contributed by atoms with Crippen molar-refractivity contribution in [2.45, 2.75) is 141 Å². The Kier molecular flexibility index (Phi) is 18.7. The maximum absolute atomic E-state index is 12.5. The summed E-state index contributed by atoms with van der Waals surface area (Å²) >= 11 is 0. The number of nitrogens with zero attached hydrogens (tertiary/aromatic N) is 4. The predicted molar refractivity (Wildman–Crippen MR) is 173 cm³/mol.